The lowest BCUT2D eigenvalue weighted by Gasteiger charge is -2.58. The van der Waals surface area contributed by atoms with E-state index in [1.165, 1.54) is 96.8 Å². The van der Waals surface area contributed by atoms with Crippen LogP contribution in [0.15, 0.2) is 11.6 Å². The van der Waals surface area contributed by atoms with Gasteiger partial charge in [-0.3, -0.25) is 4.90 Å². The second kappa shape index (κ2) is 7.32. The van der Waals surface area contributed by atoms with Crippen molar-refractivity contribution in [2.24, 2.45) is 28.6 Å². The van der Waals surface area contributed by atoms with E-state index in [-0.39, 0.29) is 11.5 Å². The fourth-order valence-electron chi connectivity index (χ4n) is 9.47. The maximum atomic E-state index is 11.5. The smallest absolute Gasteiger partial charge is 0.0751 e. The highest BCUT2D eigenvalue weighted by molar-refractivity contribution is 5.26. The first-order valence-electron chi connectivity index (χ1n) is 13.4. The number of nitrogens with zero attached hydrogens (tertiary/aromatic N) is 2. The minimum Gasteiger partial charge on any atom is -0.391 e. The molecule has 0 aromatic carbocycles. The topological polar surface area (TPSA) is 26.7 Å². The molecule has 6 aliphatic rings. The number of fused-ring (bicyclic) bond motifs is 5. The Morgan fingerprint density at radius 2 is 1.60 bits per heavy atom. The van der Waals surface area contributed by atoms with Gasteiger partial charge in [0.2, 0.25) is 0 Å². The van der Waals surface area contributed by atoms with Crippen molar-refractivity contribution in [3.8, 4) is 0 Å². The molecule has 0 spiro atoms. The predicted octanol–water partition coefficient (Wildman–Crippen LogP) is 4.85. The van der Waals surface area contributed by atoms with Crippen LogP contribution < -0.4 is 0 Å². The molecule has 3 saturated carbocycles. The van der Waals surface area contributed by atoms with Crippen LogP contribution in [0.25, 0.3) is 0 Å². The summed E-state index contributed by atoms with van der Waals surface area (Å²) in [5, 5.41) is 11.5. The fourth-order valence-corrected chi connectivity index (χ4v) is 9.47. The molecule has 6 rings (SSSR count). The van der Waals surface area contributed by atoms with Crippen LogP contribution in [0, 0.1) is 28.6 Å². The molecular formula is C27H44N2O. The van der Waals surface area contributed by atoms with Gasteiger partial charge in [-0.05, 0) is 125 Å². The molecule has 0 aromatic rings. The van der Waals surface area contributed by atoms with Gasteiger partial charge in [-0.1, -0.05) is 25.5 Å². The van der Waals surface area contributed by atoms with Crippen molar-refractivity contribution < 1.29 is 5.11 Å². The lowest BCUT2D eigenvalue weighted by molar-refractivity contribution is -0.0751. The molecule has 0 radical (unpaired) electrons. The van der Waals surface area contributed by atoms with Crippen molar-refractivity contribution in [3.05, 3.63) is 11.6 Å². The van der Waals surface area contributed by atoms with Crippen LogP contribution in [-0.4, -0.2) is 59.3 Å². The number of aliphatic hydroxyl groups is 1. The van der Waals surface area contributed by atoms with E-state index in [2.05, 4.69) is 29.7 Å². The van der Waals surface area contributed by atoms with Gasteiger partial charge in [-0.25, -0.2) is 0 Å². The Morgan fingerprint density at radius 1 is 0.900 bits per heavy atom. The third kappa shape index (κ3) is 2.87. The van der Waals surface area contributed by atoms with Crippen molar-refractivity contribution in [1.29, 1.82) is 0 Å². The highest BCUT2D eigenvalue weighted by atomic mass is 16.3. The molecule has 0 unspecified atom stereocenters. The van der Waals surface area contributed by atoms with Crippen molar-refractivity contribution in [2.45, 2.75) is 103 Å². The SMILES string of the molecule is C[C@]12CC[C@H]3[C@@H](CC=C4C[C@@H](N5CCCC5)CC[C@@]43C)[C@@H]1C[C@H](N1CCCC1)[C@@H]2O. The molecule has 8 atom stereocenters. The van der Waals surface area contributed by atoms with E-state index in [9.17, 15) is 5.11 Å². The average Bonchev–Trinajstić information content (AvgIpc) is 3.49. The summed E-state index contributed by atoms with van der Waals surface area (Å²) >= 11 is 0. The molecule has 30 heavy (non-hydrogen) atoms. The van der Waals surface area contributed by atoms with Crippen molar-refractivity contribution in [3.63, 3.8) is 0 Å². The van der Waals surface area contributed by atoms with Gasteiger partial charge in [-0.2, -0.15) is 0 Å². The van der Waals surface area contributed by atoms with Crippen molar-refractivity contribution in [2.75, 3.05) is 26.2 Å². The van der Waals surface area contributed by atoms with E-state index in [0.29, 0.717) is 11.5 Å². The third-order valence-corrected chi connectivity index (χ3v) is 11.3. The number of hydrogen-bond donors (Lipinski definition) is 1. The monoisotopic (exact) mass is 412 g/mol. The number of likely N-dealkylation sites (tertiary alicyclic amines) is 2. The van der Waals surface area contributed by atoms with Crippen LogP contribution in [0.3, 0.4) is 0 Å². The average molecular weight is 413 g/mol. The predicted molar refractivity (Wildman–Crippen MR) is 122 cm³/mol. The lowest BCUT2D eigenvalue weighted by Crippen LogP contribution is -2.52. The molecule has 1 N–H and O–H groups in total. The maximum absolute atomic E-state index is 11.5. The molecule has 4 aliphatic carbocycles. The first-order valence-corrected chi connectivity index (χ1v) is 13.4. The molecule has 2 aliphatic heterocycles. The largest absolute Gasteiger partial charge is 0.391 e. The zero-order valence-electron chi connectivity index (χ0n) is 19.5. The third-order valence-electron chi connectivity index (χ3n) is 11.3. The number of aliphatic hydroxyl groups excluding tert-OH is 1. The minimum atomic E-state index is -0.106. The maximum Gasteiger partial charge on any atom is 0.0751 e. The summed E-state index contributed by atoms with van der Waals surface area (Å²) in [7, 11) is 0. The van der Waals surface area contributed by atoms with E-state index in [1.807, 2.05) is 5.57 Å². The van der Waals surface area contributed by atoms with Crippen LogP contribution in [-0.2, 0) is 0 Å². The van der Waals surface area contributed by atoms with E-state index in [0.717, 1.165) is 23.8 Å². The van der Waals surface area contributed by atoms with E-state index < -0.39 is 0 Å². The minimum absolute atomic E-state index is 0.106. The summed E-state index contributed by atoms with van der Waals surface area (Å²) in [4.78, 5) is 5.45. The molecule has 5 fully saturated rings. The normalized spacial score (nSPS) is 52.0. The molecule has 2 saturated heterocycles. The van der Waals surface area contributed by atoms with Gasteiger partial charge in [-0.15, -0.1) is 0 Å². The second-order valence-electron chi connectivity index (χ2n) is 12.4. The zero-order chi connectivity index (χ0) is 20.5. The fraction of sp³-hybridized carbons (Fsp3) is 0.926. The van der Waals surface area contributed by atoms with Gasteiger partial charge >= 0.3 is 0 Å². The molecule has 3 nitrogen and oxygen atoms in total. The molecule has 0 amide bonds. The summed E-state index contributed by atoms with van der Waals surface area (Å²) in [5.41, 5.74) is 2.42. The Balaban J connectivity index is 1.25. The Morgan fingerprint density at radius 3 is 2.33 bits per heavy atom. The van der Waals surface area contributed by atoms with Crippen molar-refractivity contribution in [1.82, 2.24) is 9.80 Å². The van der Waals surface area contributed by atoms with Gasteiger partial charge in [0, 0.05) is 12.1 Å². The number of hydrogen-bond acceptors (Lipinski definition) is 3. The quantitative estimate of drug-likeness (QED) is 0.657. The van der Waals surface area contributed by atoms with E-state index in [4.69, 9.17) is 0 Å². The zero-order valence-corrected chi connectivity index (χ0v) is 19.5. The first-order chi connectivity index (χ1) is 14.5. The molecular weight excluding hydrogens is 368 g/mol. The van der Waals surface area contributed by atoms with Crippen LogP contribution in [0.4, 0.5) is 0 Å². The molecule has 0 bridgehead atoms. The van der Waals surface area contributed by atoms with Gasteiger partial charge in [0.25, 0.3) is 0 Å². The summed E-state index contributed by atoms with van der Waals surface area (Å²) in [6, 6.07) is 1.26. The van der Waals surface area contributed by atoms with E-state index >= 15 is 0 Å². The van der Waals surface area contributed by atoms with Gasteiger partial charge < -0.3 is 10.0 Å². The molecule has 0 aromatic heterocycles. The summed E-state index contributed by atoms with van der Waals surface area (Å²) < 4.78 is 0. The Kier molecular flexibility index (Phi) is 4.94. The highest BCUT2D eigenvalue weighted by Gasteiger charge is 2.61. The van der Waals surface area contributed by atoms with Gasteiger partial charge in [0.05, 0.1) is 6.10 Å². The molecule has 168 valence electrons. The summed E-state index contributed by atoms with van der Waals surface area (Å²) in [6.45, 7) is 10.2. The Hall–Kier alpha value is -0.380. The number of allylic oxidation sites excluding steroid dienone is 1. The second-order valence-corrected chi connectivity index (χ2v) is 12.4. The standard InChI is InChI=1S/C27H44N2O/c1-26-11-9-20(28-13-3-4-14-28)17-19(26)7-8-21-22(26)10-12-27(2)23(21)18-24(25(27)30)29-15-5-6-16-29/h7,20-25,30H,3-6,8-18H2,1-2H3/t20-,21+,22-,23-,24-,25-,26-,27-/m0/s1. The number of rotatable bonds is 2. The van der Waals surface area contributed by atoms with Crippen LogP contribution in [0.2, 0.25) is 0 Å². The van der Waals surface area contributed by atoms with Crippen LogP contribution in [0.1, 0.15) is 84.5 Å². The van der Waals surface area contributed by atoms with Gasteiger partial charge in [0.15, 0.2) is 0 Å². The van der Waals surface area contributed by atoms with E-state index in [1.54, 1.807) is 0 Å². The van der Waals surface area contributed by atoms with Crippen LogP contribution in [0.5, 0.6) is 0 Å². The Bertz CT molecular complexity index is 693. The summed E-state index contributed by atoms with van der Waals surface area (Å²) in [5.74, 6) is 2.39. The van der Waals surface area contributed by atoms with Gasteiger partial charge in [0.1, 0.15) is 0 Å². The highest BCUT2D eigenvalue weighted by Crippen LogP contribution is 2.65. The van der Waals surface area contributed by atoms with Crippen LogP contribution >= 0.6 is 0 Å². The van der Waals surface area contributed by atoms with Crippen molar-refractivity contribution >= 4 is 0 Å². The molecule has 3 heteroatoms. The first kappa shape index (κ1) is 20.2. The molecule has 2 heterocycles. The lowest BCUT2D eigenvalue weighted by atomic mass is 9.48. The summed E-state index contributed by atoms with van der Waals surface area (Å²) in [6.07, 6.45) is 17.4. The Labute approximate surface area is 184 Å².